The summed E-state index contributed by atoms with van der Waals surface area (Å²) in [6.45, 7) is 5.55. The van der Waals surface area contributed by atoms with Crippen molar-refractivity contribution in [2.75, 3.05) is 17.7 Å². The molecule has 0 heterocycles. The molecule has 3 rings (SSSR count). The van der Waals surface area contributed by atoms with Crippen LogP contribution in [0.25, 0.3) is 0 Å². The molecule has 6 heteroatoms. The number of rotatable bonds is 7. The third-order valence-electron chi connectivity index (χ3n) is 4.80. The first-order valence-corrected chi connectivity index (χ1v) is 9.96. The molecule has 31 heavy (non-hydrogen) atoms. The lowest BCUT2D eigenvalue weighted by molar-refractivity contribution is -0.122. The van der Waals surface area contributed by atoms with Crippen LogP contribution in [0.15, 0.2) is 66.7 Å². The van der Waals surface area contributed by atoms with Crippen LogP contribution in [0, 0.1) is 13.8 Å². The smallest absolute Gasteiger partial charge is 0.265 e. The van der Waals surface area contributed by atoms with E-state index in [1.807, 2.05) is 56.3 Å². The van der Waals surface area contributed by atoms with Gasteiger partial charge in [0.2, 0.25) is 0 Å². The fourth-order valence-electron chi connectivity index (χ4n) is 3.00. The summed E-state index contributed by atoms with van der Waals surface area (Å²) in [5.41, 5.74) is 3.81. The molecule has 0 unspecified atom stereocenters. The summed E-state index contributed by atoms with van der Waals surface area (Å²) in [5, 5.41) is 5.72. The van der Waals surface area contributed by atoms with Crippen LogP contribution in [0.5, 0.6) is 11.5 Å². The number of hydrogen-bond acceptors (Lipinski definition) is 4. The highest BCUT2D eigenvalue weighted by Gasteiger charge is 2.16. The van der Waals surface area contributed by atoms with Crippen LogP contribution in [-0.4, -0.2) is 25.0 Å². The molecule has 160 valence electrons. The molecule has 1 atom stereocenters. The lowest BCUT2D eigenvalue weighted by Crippen LogP contribution is -2.30. The Hall–Kier alpha value is -3.80. The monoisotopic (exact) mass is 418 g/mol. The number of amides is 2. The van der Waals surface area contributed by atoms with Gasteiger partial charge in [-0.15, -0.1) is 0 Å². The van der Waals surface area contributed by atoms with Gasteiger partial charge in [-0.1, -0.05) is 24.3 Å². The van der Waals surface area contributed by atoms with Crippen molar-refractivity contribution in [3.05, 3.63) is 83.4 Å². The van der Waals surface area contributed by atoms with E-state index in [4.69, 9.17) is 9.47 Å². The molecule has 0 aromatic heterocycles. The predicted octanol–water partition coefficient (Wildman–Crippen LogP) is 4.97. The zero-order valence-corrected chi connectivity index (χ0v) is 18.1. The van der Waals surface area contributed by atoms with E-state index in [1.54, 1.807) is 38.3 Å². The highest BCUT2D eigenvalue weighted by Crippen LogP contribution is 2.26. The lowest BCUT2D eigenvalue weighted by atomic mass is 10.1. The van der Waals surface area contributed by atoms with E-state index >= 15 is 0 Å². The largest absolute Gasteiger partial charge is 0.495 e. The van der Waals surface area contributed by atoms with Gasteiger partial charge in [-0.25, -0.2) is 0 Å². The van der Waals surface area contributed by atoms with Crippen LogP contribution in [0.3, 0.4) is 0 Å². The number of para-hydroxylation sites is 1. The molecule has 3 aromatic rings. The van der Waals surface area contributed by atoms with Gasteiger partial charge in [0, 0.05) is 11.3 Å². The third-order valence-corrected chi connectivity index (χ3v) is 4.80. The van der Waals surface area contributed by atoms with Crippen LogP contribution >= 0.6 is 0 Å². The second kappa shape index (κ2) is 9.80. The van der Waals surface area contributed by atoms with Crippen molar-refractivity contribution in [3.63, 3.8) is 0 Å². The third kappa shape index (κ3) is 5.63. The number of carbonyl (C=O) groups is 2. The summed E-state index contributed by atoms with van der Waals surface area (Å²) < 4.78 is 11.0. The second-order valence-electron chi connectivity index (χ2n) is 7.25. The molecule has 0 spiro atoms. The Morgan fingerprint density at radius 3 is 2.26 bits per heavy atom. The number of nitrogens with one attached hydrogen (secondary N) is 2. The minimum Gasteiger partial charge on any atom is -0.495 e. The van der Waals surface area contributed by atoms with E-state index in [1.165, 1.54) is 0 Å². The first kappa shape index (κ1) is 21.9. The van der Waals surface area contributed by atoms with Crippen LogP contribution in [0.1, 0.15) is 28.4 Å². The van der Waals surface area contributed by atoms with Gasteiger partial charge >= 0.3 is 0 Å². The van der Waals surface area contributed by atoms with E-state index < -0.39 is 6.10 Å². The minimum atomic E-state index is -0.698. The summed E-state index contributed by atoms with van der Waals surface area (Å²) in [4.78, 5) is 25.0. The van der Waals surface area contributed by atoms with Crippen molar-refractivity contribution in [1.82, 2.24) is 0 Å². The molecule has 0 radical (unpaired) electrons. The van der Waals surface area contributed by atoms with Gasteiger partial charge in [0.1, 0.15) is 11.5 Å². The van der Waals surface area contributed by atoms with E-state index in [2.05, 4.69) is 10.6 Å². The maximum Gasteiger partial charge on any atom is 0.265 e. The molecular formula is C25H26N2O4. The Bertz CT molecular complexity index is 1080. The lowest BCUT2D eigenvalue weighted by Gasteiger charge is -2.16. The summed E-state index contributed by atoms with van der Waals surface area (Å²) in [6, 6.07) is 19.8. The van der Waals surface area contributed by atoms with E-state index in [-0.39, 0.29) is 11.8 Å². The molecule has 0 aliphatic rings. The molecule has 3 aromatic carbocycles. The molecule has 0 fully saturated rings. The number of aryl methyl sites for hydroxylation is 2. The molecule has 0 aliphatic heterocycles. The van der Waals surface area contributed by atoms with Crippen molar-refractivity contribution >= 4 is 23.2 Å². The molecule has 0 aliphatic carbocycles. The normalized spacial score (nSPS) is 11.4. The summed E-state index contributed by atoms with van der Waals surface area (Å²) in [6.07, 6.45) is -0.698. The van der Waals surface area contributed by atoms with Gasteiger partial charge in [-0.3, -0.25) is 9.59 Å². The Kier molecular flexibility index (Phi) is 6.92. The first-order valence-electron chi connectivity index (χ1n) is 9.96. The summed E-state index contributed by atoms with van der Waals surface area (Å²) in [5.74, 6) is 0.577. The molecule has 2 amide bonds. The van der Waals surface area contributed by atoms with Crippen LogP contribution in [-0.2, 0) is 4.79 Å². The average molecular weight is 418 g/mol. The van der Waals surface area contributed by atoms with Gasteiger partial charge < -0.3 is 20.1 Å². The molecule has 0 bridgehead atoms. The van der Waals surface area contributed by atoms with Gasteiger partial charge in [0.05, 0.1) is 12.8 Å². The second-order valence-corrected chi connectivity index (χ2v) is 7.25. The first-order chi connectivity index (χ1) is 14.9. The van der Waals surface area contributed by atoms with Gasteiger partial charge in [0.15, 0.2) is 6.10 Å². The average Bonchev–Trinajstić information content (AvgIpc) is 2.76. The van der Waals surface area contributed by atoms with Crippen LogP contribution in [0.4, 0.5) is 11.4 Å². The Labute approximate surface area is 182 Å². The number of methoxy groups -OCH3 is 1. The van der Waals surface area contributed by atoms with E-state index in [0.717, 1.165) is 16.8 Å². The summed E-state index contributed by atoms with van der Waals surface area (Å²) >= 11 is 0. The van der Waals surface area contributed by atoms with Crippen molar-refractivity contribution in [1.29, 1.82) is 0 Å². The van der Waals surface area contributed by atoms with Crippen LogP contribution in [0.2, 0.25) is 0 Å². The topological polar surface area (TPSA) is 76.7 Å². The Balaban J connectivity index is 1.62. The predicted molar refractivity (Wildman–Crippen MR) is 122 cm³/mol. The fourth-order valence-corrected chi connectivity index (χ4v) is 3.00. The number of carbonyl (C=O) groups excluding carboxylic acids is 2. The van der Waals surface area contributed by atoms with Gasteiger partial charge in [-0.2, -0.15) is 0 Å². The zero-order chi connectivity index (χ0) is 22.4. The van der Waals surface area contributed by atoms with Crippen molar-refractivity contribution in [2.45, 2.75) is 26.9 Å². The Morgan fingerprint density at radius 2 is 1.58 bits per heavy atom. The number of hydrogen-bond donors (Lipinski definition) is 2. The van der Waals surface area contributed by atoms with Crippen molar-refractivity contribution in [3.8, 4) is 11.5 Å². The standard InChI is InChI=1S/C25H26N2O4/c1-16-9-14-23(30-4)22(15-16)27-25(29)19-10-12-20(13-11-19)31-18(3)24(28)26-21-8-6-5-7-17(21)2/h5-15,18H,1-4H3,(H,26,28)(H,27,29)/t18-/m0/s1. The molecule has 0 saturated heterocycles. The maximum absolute atomic E-state index is 12.6. The maximum atomic E-state index is 12.6. The minimum absolute atomic E-state index is 0.248. The van der Waals surface area contributed by atoms with E-state index in [9.17, 15) is 9.59 Å². The summed E-state index contributed by atoms with van der Waals surface area (Å²) in [7, 11) is 1.56. The van der Waals surface area contributed by atoms with Crippen molar-refractivity contribution in [2.24, 2.45) is 0 Å². The zero-order valence-electron chi connectivity index (χ0n) is 18.1. The van der Waals surface area contributed by atoms with Crippen molar-refractivity contribution < 1.29 is 19.1 Å². The van der Waals surface area contributed by atoms with Gasteiger partial charge in [0.25, 0.3) is 11.8 Å². The van der Waals surface area contributed by atoms with Crippen LogP contribution < -0.4 is 20.1 Å². The molecule has 2 N–H and O–H groups in total. The molecule has 0 saturated carbocycles. The number of benzene rings is 3. The number of ether oxygens (including phenoxy) is 2. The molecular weight excluding hydrogens is 392 g/mol. The highest BCUT2D eigenvalue weighted by atomic mass is 16.5. The Morgan fingerprint density at radius 1 is 0.871 bits per heavy atom. The highest BCUT2D eigenvalue weighted by molar-refractivity contribution is 6.05. The number of anilines is 2. The van der Waals surface area contributed by atoms with E-state index in [0.29, 0.717) is 22.7 Å². The quantitative estimate of drug-likeness (QED) is 0.568. The van der Waals surface area contributed by atoms with Gasteiger partial charge in [-0.05, 0) is 74.4 Å². The fraction of sp³-hybridized carbons (Fsp3) is 0.200. The SMILES string of the molecule is COc1ccc(C)cc1NC(=O)c1ccc(O[C@@H](C)C(=O)Nc2ccccc2C)cc1. The molecule has 6 nitrogen and oxygen atoms in total.